The molecule has 1 aliphatic rings. The maximum absolute atomic E-state index is 10.5. The van der Waals surface area contributed by atoms with Gasteiger partial charge in [0.1, 0.15) is 29.9 Å². The van der Waals surface area contributed by atoms with Crippen molar-refractivity contribution in [2.75, 3.05) is 19.8 Å². The van der Waals surface area contributed by atoms with Crippen LogP contribution in [0.15, 0.2) is 23.2 Å². The fraction of sp³-hybridized carbons (Fsp3) is 0.682. The minimum atomic E-state index is 0.147. The fourth-order valence-electron chi connectivity index (χ4n) is 2.97. The van der Waals surface area contributed by atoms with E-state index in [0.29, 0.717) is 24.7 Å². The van der Waals surface area contributed by atoms with E-state index in [0.717, 1.165) is 18.8 Å². The predicted octanol–water partition coefficient (Wildman–Crippen LogP) is 5.73. The van der Waals surface area contributed by atoms with Gasteiger partial charge in [0, 0.05) is 6.07 Å². The Morgan fingerprint density at radius 2 is 1.70 bits per heavy atom. The Labute approximate surface area is 163 Å². The topological polar surface area (TPSA) is 60.4 Å². The van der Waals surface area contributed by atoms with Crippen molar-refractivity contribution in [1.82, 2.24) is 0 Å². The number of aliphatic imine (C=N–C) groups is 1. The largest absolute Gasteiger partial charge is 0.493 e. The lowest BCUT2D eigenvalue weighted by molar-refractivity contribution is 0.260. The minimum Gasteiger partial charge on any atom is -0.493 e. The number of isocyanates is 1. The minimum absolute atomic E-state index is 0.147. The fourth-order valence-corrected chi connectivity index (χ4v) is 2.97. The summed E-state index contributed by atoms with van der Waals surface area (Å²) in [6.45, 7) is 4.13. The Bertz CT molecular complexity index is 580. The van der Waals surface area contributed by atoms with Gasteiger partial charge in [0.05, 0.1) is 13.2 Å². The van der Waals surface area contributed by atoms with Crippen LogP contribution in [0.5, 0.6) is 11.5 Å². The molecule has 1 aromatic rings. The molecule has 0 amide bonds. The number of nitrogens with zero attached hydrogens (tertiary/aromatic N) is 1. The van der Waals surface area contributed by atoms with Gasteiger partial charge in [-0.25, -0.2) is 4.79 Å². The summed E-state index contributed by atoms with van der Waals surface area (Å²) in [5, 5.41) is 0. The van der Waals surface area contributed by atoms with Gasteiger partial charge in [-0.05, 0) is 18.6 Å². The standard InChI is InChI=1S/C22H33NO4/c1-2-3-4-5-6-7-8-9-10-11-14-25-19-12-13-21(23-18-24)22(15-19)27-17-20-16-26-20/h12-13,15,20H,2-11,14,16-17H2,1H3. The van der Waals surface area contributed by atoms with Gasteiger partial charge in [-0.15, -0.1) is 0 Å². The molecule has 2 rings (SSSR count). The molecule has 0 aromatic heterocycles. The second-order valence-electron chi connectivity index (χ2n) is 7.13. The second-order valence-corrected chi connectivity index (χ2v) is 7.13. The van der Waals surface area contributed by atoms with Crippen LogP contribution < -0.4 is 9.47 Å². The van der Waals surface area contributed by atoms with Gasteiger partial charge in [-0.2, -0.15) is 4.99 Å². The second kappa shape index (κ2) is 13.3. The first-order chi connectivity index (χ1) is 13.3. The summed E-state index contributed by atoms with van der Waals surface area (Å²) in [5.41, 5.74) is 0.469. The van der Waals surface area contributed by atoms with Crippen molar-refractivity contribution in [2.45, 2.75) is 77.2 Å². The number of carbonyl (C=O) groups excluding carboxylic acids is 1. The highest BCUT2D eigenvalue weighted by Gasteiger charge is 2.23. The third-order valence-electron chi connectivity index (χ3n) is 4.69. The van der Waals surface area contributed by atoms with Crippen molar-refractivity contribution >= 4 is 11.8 Å². The summed E-state index contributed by atoms with van der Waals surface area (Å²) in [7, 11) is 0. The summed E-state index contributed by atoms with van der Waals surface area (Å²) >= 11 is 0. The first-order valence-corrected chi connectivity index (χ1v) is 10.4. The molecule has 27 heavy (non-hydrogen) atoms. The molecular weight excluding hydrogens is 342 g/mol. The molecular formula is C22H33NO4. The summed E-state index contributed by atoms with van der Waals surface area (Å²) in [6.07, 6.45) is 14.8. The van der Waals surface area contributed by atoms with Crippen LogP contribution >= 0.6 is 0 Å². The molecule has 1 unspecified atom stereocenters. The van der Waals surface area contributed by atoms with Crippen LogP contribution in [0.3, 0.4) is 0 Å². The molecule has 0 spiro atoms. The van der Waals surface area contributed by atoms with Crippen LogP contribution in [0.2, 0.25) is 0 Å². The van der Waals surface area contributed by atoms with Gasteiger partial charge in [-0.1, -0.05) is 64.7 Å². The number of epoxide rings is 1. The predicted molar refractivity (Wildman–Crippen MR) is 107 cm³/mol. The molecule has 0 radical (unpaired) electrons. The van der Waals surface area contributed by atoms with Crippen molar-refractivity contribution < 1.29 is 19.0 Å². The van der Waals surface area contributed by atoms with Gasteiger partial charge >= 0.3 is 0 Å². The van der Waals surface area contributed by atoms with E-state index in [-0.39, 0.29) is 6.10 Å². The Morgan fingerprint density at radius 3 is 2.33 bits per heavy atom. The number of hydrogen-bond acceptors (Lipinski definition) is 5. The molecule has 1 saturated heterocycles. The zero-order chi connectivity index (χ0) is 19.2. The Morgan fingerprint density at radius 1 is 1.04 bits per heavy atom. The number of rotatable bonds is 16. The molecule has 1 heterocycles. The molecule has 0 aliphatic carbocycles. The molecule has 0 bridgehead atoms. The molecule has 1 aliphatic heterocycles. The van der Waals surface area contributed by atoms with Crippen LogP contribution in [-0.4, -0.2) is 32.0 Å². The van der Waals surface area contributed by atoms with Crippen molar-refractivity contribution in [1.29, 1.82) is 0 Å². The molecule has 0 saturated carbocycles. The van der Waals surface area contributed by atoms with Crippen LogP contribution in [0.25, 0.3) is 0 Å². The smallest absolute Gasteiger partial charge is 0.240 e. The molecule has 1 atom stereocenters. The van der Waals surface area contributed by atoms with Gasteiger partial charge in [0.2, 0.25) is 6.08 Å². The quantitative estimate of drug-likeness (QED) is 0.160. The van der Waals surface area contributed by atoms with Crippen molar-refractivity contribution in [3.05, 3.63) is 18.2 Å². The Hall–Kier alpha value is -1.84. The summed E-state index contributed by atoms with van der Waals surface area (Å²) in [6, 6.07) is 5.32. The van der Waals surface area contributed by atoms with E-state index < -0.39 is 0 Å². The average molecular weight is 376 g/mol. The number of unbranched alkanes of at least 4 members (excludes halogenated alkanes) is 9. The monoisotopic (exact) mass is 375 g/mol. The lowest BCUT2D eigenvalue weighted by atomic mass is 10.1. The molecule has 150 valence electrons. The molecule has 5 heteroatoms. The highest BCUT2D eigenvalue weighted by Crippen LogP contribution is 2.32. The maximum Gasteiger partial charge on any atom is 0.240 e. The van der Waals surface area contributed by atoms with Crippen molar-refractivity contribution in [2.24, 2.45) is 4.99 Å². The lowest BCUT2D eigenvalue weighted by Gasteiger charge is -2.11. The van der Waals surface area contributed by atoms with Crippen LogP contribution in [0.1, 0.15) is 71.1 Å². The van der Waals surface area contributed by atoms with Crippen molar-refractivity contribution in [3.63, 3.8) is 0 Å². The van der Waals surface area contributed by atoms with E-state index in [9.17, 15) is 4.79 Å². The number of benzene rings is 1. The van der Waals surface area contributed by atoms with Gasteiger partial charge in [0.25, 0.3) is 0 Å². The van der Waals surface area contributed by atoms with Crippen molar-refractivity contribution in [3.8, 4) is 11.5 Å². The summed E-state index contributed by atoms with van der Waals surface area (Å²) in [5.74, 6) is 1.27. The van der Waals surface area contributed by atoms with E-state index in [2.05, 4.69) is 11.9 Å². The van der Waals surface area contributed by atoms with Crippen LogP contribution in [0, 0.1) is 0 Å². The zero-order valence-electron chi connectivity index (χ0n) is 16.6. The number of hydrogen-bond donors (Lipinski definition) is 0. The first kappa shape index (κ1) is 21.5. The van der Waals surface area contributed by atoms with Crippen LogP contribution in [-0.2, 0) is 9.53 Å². The Kier molecular flexibility index (Phi) is 10.6. The third-order valence-corrected chi connectivity index (χ3v) is 4.69. The molecule has 1 aromatic carbocycles. The molecule has 0 N–H and O–H groups in total. The van der Waals surface area contributed by atoms with E-state index in [1.807, 2.05) is 6.07 Å². The van der Waals surface area contributed by atoms with E-state index in [4.69, 9.17) is 14.2 Å². The van der Waals surface area contributed by atoms with Gasteiger partial charge in [0.15, 0.2) is 0 Å². The normalized spacial score (nSPS) is 15.2. The zero-order valence-corrected chi connectivity index (χ0v) is 16.6. The first-order valence-electron chi connectivity index (χ1n) is 10.4. The highest BCUT2D eigenvalue weighted by molar-refractivity contribution is 5.59. The van der Waals surface area contributed by atoms with Gasteiger partial charge < -0.3 is 14.2 Å². The highest BCUT2D eigenvalue weighted by atomic mass is 16.6. The molecule has 5 nitrogen and oxygen atoms in total. The summed E-state index contributed by atoms with van der Waals surface area (Å²) in [4.78, 5) is 14.2. The van der Waals surface area contributed by atoms with E-state index >= 15 is 0 Å². The summed E-state index contributed by atoms with van der Waals surface area (Å²) < 4.78 is 16.6. The van der Waals surface area contributed by atoms with E-state index in [1.54, 1.807) is 18.2 Å². The lowest BCUT2D eigenvalue weighted by Crippen LogP contribution is -2.04. The Balaban J connectivity index is 1.59. The third kappa shape index (κ3) is 9.60. The maximum atomic E-state index is 10.5. The average Bonchev–Trinajstić information content (AvgIpc) is 3.50. The molecule has 1 fully saturated rings. The van der Waals surface area contributed by atoms with E-state index in [1.165, 1.54) is 57.8 Å². The number of ether oxygens (including phenoxy) is 3. The SMILES string of the molecule is CCCCCCCCCCCCOc1ccc(N=C=O)c(OCC2CO2)c1. The van der Waals surface area contributed by atoms with Gasteiger partial charge in [-0.3, -0.25) is 0 Å². The van der Waals surface area contributed by atoms with Crippen LogP contribution in [0.4, 0.5) is 5.69 Å².